The van der Waals surface area contributed by atoms with Crippen molar-refractivity contribution >= 4 is 11.7 Å². The second-order valence-corrected chi connectivity index (χ2v) is 5.00. The standard InChI is InChI=1S/C17H13F2N3O2/c18-14-2-1-3-15(19)16(14)22-17(23)21-8-11-6-13(9-20-7-11)12-4-5-24-10-12/h1-7,9-10H,8H2,(H2,21,22,23). The van der Waals surface area contributed by atoms with Gasteiger partial charge in [0.2, 0.25) is 0 Å². The molecular weight excluding hydrogens is 316 g/mol. The predicted octanol–water partition coefficient (Wildman–Crippen LogP) is 3.94. The van der Waals surface area contributed by atoms with Gasteiger partial charge in [-0.15, -0.1) is 0 Å². The van der Waals surface area contributed by atoms with Gasteiger partial charge in [-0.2, -0.15) is 0 Å². The number of hydrogen-bond donors (Lipinski definition) is 2. The number of urea groups is 1. The lowest BCUT2D eigenvalue weighted by atomic mass is 10.1. The first kappa shape index (κ1) is 15.7. The second-order valence-electron chi connectivity index (χ2n) is 5.00. The first-order valence-corrected chi connectivity index (χ1v) is 7.09. The summed E-state index contributed by atoms with van der Waals surface area (Å²) in [5, 5.41) is 4.68. The number of amides is 2. The number of para-hydroxylation sites is 1. The van der Waals surface area contributed by atoms with Crippen LogP contribution in [0.25, 0.3) is 11.1 Å². The summed E-state index contributed by atoms with van der Waals surface area (Å²) in [4.78, 5) is 15.9. The fourth-order valence-electron chi connectivity index (χ4n) is 2.13. The minimum atomic E-state index is -0.839. The Hall–Kier alpha value is -3.22. The van der Waals surface area contributed by atoms with Crippen molar-refractivity contribution in [3.8, 4) is 11.1 Å². The van der Waals surface area contributed by atoms with Crippen molar-refractivity contribution in [1.82, 2.24) is 10.3 Å². The number of pyridine rings is 1. The zero-order valence-electron chi connectivity index (χ0n) is 12.4. The molecule has 7 heteroatoms. The number of carbonyl (C=O) groups is 1. The van der Waals surface area contributed by atoms with Crippen LogP contribution >= 0.6 is 0 Å². The normalized spacial score (nSPS) is 10.4. The Balaban J connectivity index is 1.64. The SMILES string of the molecule is O=C(NCc1cncc(-c2ccoc2)c1)Nc1c(F)cccc1F. The van der Waals surface area contributed by atoms with Crippen molar-refractivity contribution in [1.29, 1.82) is 0 Å². The summed E-state index contributed by atoms with van der Waals surface area (Å²) in [5.74, 6) is -1.68. The molecule has 0 saturated heterocycles. The summed E-state index contributed by atoms with van der Waals surface area (Å²) in [5.41, 5.74) is 1.95. The summed E-state index contributed by atoms with van der Waals surface area (Å²) in [6.07, 6.45) is 6.40. The van der Waals surface area contributed by atoms with Crippen molar-refractivity contribution in [3.63, 3.8) is 0 Å². The topological polar surface area (TPSA) is 67.2 Å². The van der Waals surface area contributed by atoms with Crippen molar-refractivity contribution in [3.05, 3.63) is 72.4 Å². The number of nitrogens with one attached hydrogen (secondary N) is 2. The van der Waals surface area contributed by atoms with E-state index in [2.05, 4.69) is 15.6 Å². The molecule has 2 amide bonds. The predicted molar refractivity (Wildman–Crippen MR) is 84.2 cm³/mol. The fraction of sp³-hybridized carbons (Fsp3) is 0.0588. The molecule has 0 saturated carbocycles. The van der Waals surface area contributed by atoms with Crippen LogP contribution in [0.1, 0.15) is 5.56 Å². The van der Waals surface area contributed by atoms with Crippen LogP contribution in [0, 0.1) is 11.6 Å². The van der Waals surface area contributed by atoms with Crippen LogP contribution in [0.5, 0.6) is 0 Å². The average molecular weight is 329 g/mol. The maximum Gasteiger partial charge on any atom is 0.319 e. The Bertz CT molecular complexity index is 831. The molecule has 2 N–H and O–H groups in total. The van der Waals surface area contributed by atoms with E-state index in [-0.39, 0.29) is 6.54 Å². The highest BCUT2D eigenvalue weighted by atomic mass is 19.1. The second kappa shape index (κ2) is 6.91. The molecule has 0 fully saturated rings. The van der Waals surface area contributed by atoms with Gasteiger partial charge in [0.25, 0.3) is 0 Å². The maximum absolute atomic E-state index is 13.5. The summed E-state index contributed by atoms with van der Waals surface area (Å²) < 4.78 is 32.0. The summed E-state index contributed by atoms with van der Waals surface area (Å²) >= 11 is 0. The van der Waals surface area contributed by atoms with Gasteiger partial charge in [-0.3, -0.25) is 4.98 Å². The third kappa shape index (κ3) is 3.57. The van der Waals surface area contributed by atoms with Gasteiger partial charge < -0.3 is 15.1 Å². The lowest BCUT2D eigenvalue weighted by Gasteiger charge is -2.09. The Labute approximate surface area is 136 Å². The highest BCUT2D eigenvalue weighted by Gasteiger charge is 2.11. The van der Waals surface area contributed by atoms with E-state index in [0.717, 1.165) is 28.8 Å². The number of furan rings is 1. The number of nitrogens with zero attached hydrogens (tertiary/aromatic N) is 1. The molecule has 0 atom stereocenters. The van der Waals surface area contributed by atoms with Crippen LogP contribution in [0.15, 0.2) is 59.7 Å². The first-order chi connectivity index (χ1) is 11.6. The third-order valence-electron chi connectivity index (χ3n) is 3.30. The summed E-state index contributed by atoms with van der Waals surface area (Å²) in [7, 11) is 0. The van der Waals surface area contributed by atoms with Crippen LogP contribution in [0.2, 0.25) is 0 Å². The van der Waals surface area contributed by atoms with Crippen LogP contribution in [0.3, 0.4) is 0 Å². The highest BCUT2D eigenvalue weighted by Crippen LogP contribution is 2.20. The molecule has 122 valence electrons. The number of rotatable bonds is 4. The lowest BCUT2D eigenvalue weighted by Crippen LogP contribution is -2.29. The van der Waals surface area contributed by atoms with E-state index in [0.29, 0.717) is 0 Å². The van der Waals surface area contributed by atoms with Gasteiger partial charge in [0.1, 0.15) is 17.3 Å². The Morgan fingerprint density at radius 1 is 1.12 bits per heavy atom. The van der Waals surface area contributed by atoms with Gasteiger partial charge in [0.15, 0.2) is 0 Å². The molecule has 0 aliphatic heterocycles. The zero-order valence-corrected chi connectivity index (χ0v) is 12.4. The van der Waals surface area contributed by atoms with Gasteiger partial charge in [-0.1, -0.05) is 6.07 Å². The van der Waals surface area contributed by atoms with Crippen LogP contribution < -0.4 is 10.6 Å². The van der Waals surface area contributed by atoms with Gasteiger partial charge in [0, 0.05) is 30.1 Å². The molecule has 2 aromatic heterocycles. The number of benzene rings is 1. The van der Waals surface area contributed by atoms with Crippen molar-refractivity contribution < 1.29 is 18.0 Å². The molecule has 24 heavy (non-hydrogen) atoms. The molecule has 0 unspecified atom stereocenters. The minimum absolute atomic E-state index is 0.153. The van der Waals surface area contributed by atoms with Crippen LogP contribution in [-0.2, 0) is 6.54 Å². The minimum Gasteiger partial charge on any atom is -0.472 e. The molecule has 0 aliphatic rings. The number of aromatic nitrogens is 1. The molecule has 5 nitrogen and oxygen atoms in total. The highest BCUT2D eigenvalue weighted by molar-refractivity contribution is 5.89. The Morgan fingerprint density at radius 3 is 2.62 bits per heavy atom. The van der Waals surface area contributed by atoms with Crippen molar-refractivity contribution in [2.75, 3.05) is 5.32 Å². The van der Waals surface area contributed by atoms with E-state index in [4.69, 9.17) is 4.42 Å². The van der Waals surface area contributed by atoms with Gasteiger partial charge >= 0.3 is 6.03 Å². The fourth-order valence-corrected chi connectivity index (χ4v) is 2.13. The molecule has 3 rings (SSSR count). The van der Waals surface area contributed by atoms with Gasteiger partial charge in [-0.05, 0) is 29.8 Å². The third-order valence-corrected chi connectivity index (χ3v) is 3.30. The quantitative estimate of drug-likeness (QED) is 0.762. The number of anilines is 1. The summed E-state index contributed by atoms with van der Waals surface area (Å²) in [6, 6.07) is 6.27. The number of halogens is 2. The van der Waals surface area contributed by atoms with Crippen LogP contribution in [0.4, 0.5) is 19.3 Å². The van der Waals surface area contributed by atoms with Gasteiger partial charge in [0.05, 0.1) is 12.5 Å². The smallest absolute Gasteiger partial charge is 0.319 e. The van der Waals surface area contributed by atoms with Gasteiger partial charge in [-0.25, -0.2) is 13.6 Å². The van der Waals surface area contributed by atoms with Crippen LogP contribution in [-0.4, -0.2) is 11.0 Å². The molecule has 0 radical (unpaired) electrons. The monoisotopic (exact) mass is 329 g/mol. The van der Waals surface area contributed by atoms with E-state index < -0.39 is 23.4 Å². The van der Waals surface area contributed by atoms with E-state index in [1.54, 1.807) is 31.0 Å². The average Bonchev–Trinajstić information content (AvgIpc) is 3.11. The van der Waals surface area contributed by atoms with E-state index >= 15 is 0 Å². The van der Waals surface area contributed by atoms with Crippen molar-refractivity contribution in [2.45, 2.75) is 6.54 Å². The molecule has 0 bridgehead atoms. The summed E-state index contributed by atoms with van der Waals surface area (Å²) in [6.45, 7) is 0.153. The molecule has 3 aromatic rings. The molecule has 0 aliphatic carbocycles. The van der Waals surface area contributed by atoms with E-state index in [1.807, 2.05) is 6.07 Å². The first-order valence-electron chi connectivity index (χ1n) is 7.09. The lowest BCUT2D eigenvalue weighted by molar-refractivity contribution is 0.251. The number of carbonyl (C=O) groups excluding carboxylic acids is 1. The Morgan fingerprint density at radius 2 is 1.92 bits per heavy atom. The number of hydrogen-bond acceptors (Lipinski definition) is 3. The Kier molecular flexibility index (Phi) is 4.51. The molecular formula is C17H13F2N3O2. The molecule has 2 heterocycles. The van der Waals surface area contributed by atoms with E-state index in [1.165, 1.54) is 6.07 Å². The maximum atomic E-state index is 13.5. The molecule has 0 spiro atoms. The van der Waals surface area contributed by atoms with Crippen molar-refractivity contribution in [2.24, 2.45) is 0 Å². The zero-order chi connectivity index (χ0) is 16.9. The van der Waals surface area contributed by atoms with E-state index in [9.17, 15) is 13.6 Å². The molecule has 1 aromatic carbocycles. The largest absolute Gasteiger partial charge is 0.472 e.